The summed E-state index contributed by atoms with van der Waals surface area (Å²) in [5, 5.41) is 6.54. The van der Waals surface area contributed by atoms with Gasteiger partial charge in [-0.05, 0) is 49.9 Å². The van der Waals surface area contributed by atoms with E-state index in [2.05, 4.69) is 25.5 Å². The van der Waals surface area contributed by atoms with Crippen molar-refractivity contribution >= 4 is 44.3 Å². The number of piperidine rings is 1. The number of aromatic nitrogens is 3. The Morgan fingerprint density at radius 2 is 2.00 bits per heavy atom. The van der Waals surface area contributed by atoms with Crippen LogP contribution >= 0.6 is 11.3 Å². The van der Waals surface area contributed by atoms with Crippen molar-refractivity contribution in [2.45, 2.75) is 38.3 Å². The van der Waals surface area contributed by atoms with Crippen molar-refractivity contribution in [3.05, 3.63) is 40.9 Å². The summed E-state index contributed by atoms with van der Waals surface area (Å²) in [6.07, 6.45) is 5.23. The minimum absolute atomic E-state index is 0.0763. The molecule has 0 spiro atoms. The predicted octanol–water partition coefficient (Wildman–Crippen LogP) is 2.00. The molecule has 1 aliphatic heterocycles. The quantitative estimate of drug-likeness (QED) is 0.529. The van der Waals surface area contributed by atoms with E-state index in [1.165, 1.54) is 22.2 Å². The summed E-state index contributed by atoms with van der Waals surface area (Å²) in [5.41, 5.74) is 0.665. The number of nitrogens with one attached hydrogen (secondary N) is 2. The van der Waals surface area contributed by atoms with Crippen LogP contribution in [0.25, 0.3) is 10.3 Å². The van der Waals surface area contributed by atoms with E-state index < -0.39 is 0 Å². The van der Waals surface area contributed by atoms with E-state index in [0.29, 0.717) is 39.5 Å². The van der Waals surface area contributed by atoms with Gasteiger partial charge in [-0.25, -0.2) is 4.98 Å². The summed E-state index contributed by atoms with van der Waals surface area (Å²) >= 11 is 1.26. The summed E-state index contributed by atoms with van der Waals surface area (Å²) in [7, 11) is 1.57. The van der Waals surface area contributed by atoms with Crippen molar-refractivity contribution in [2.24, 2.45) is 5.92 Å². The lowest BCUT2D eigenvalue weighted by Gasteiger charge is -2.31. The highest BCUT2D eigenvalue weighted by atomic mass is 32.1. The molecule has 1 aromatic carbocycles. The van der Waals surface area contributed by atoms with E-state index >= 15 is 0 Å². The zero-order chi connectivity index (χ0) is 23.7. The number of hydrogen-bond donors (Lipinski definition) is 2. The molecule has 2 aliphatic rings. The van der Waals surface area contributed by atoms with Crippen molar-refractivity contribution < 1.29 is 14.3 Å². The van der Waals surface area contributed by atoms with Gasteiger partial charge in [0.25, 0.3) is 5.56 Å². The molecule has 0 unspecified atom stereocenters. The number of anilines is 2. The largest absolute Gasteiger partial charge is 0.497 e. The highest BCUT2D eigenvalue weighted by molar-refractivity contribution is 7.22. The molecule has 11 heteroatoms. The van der Waals surface area contributed by atoms with Crippen LogP contribution in [0.5, 0.6) is 5.75 Å². The Morgan fingerprint density at radius 1 is 1.21 bits per heavy atom. The van der Waals surface area contributed by atoms with Crippen LogP contribution in [0, 0.1) is 5.92 Å². The van der Waals surface area contributed by atoms with Crippen molar-refractivity contribution in [1.29, 1.82) is 0 Å². The van der Waals surface area contributed by atoms with E-state index in [1.54, 1.807) is 31.4 Å². The average Bonchev–Trinajstić information content (AvgIpc) is 3.55. The number of methoxy groups -OCH3 is 1. The van der Waals surface area contributed by atoms with E-state index in [0.717, 1.165) is 32.2 Å². The van der Waals surface area contributed by atoms with E-state index in [-0.39, 0.29) is 29.8 Å². The third-order valence-corrected chi connectivity index (χ3v) is 7.14. The maximum absolute atomic E-state index is 13.0. The van der Waals surface area contributed by atoms with Crippen molar-refractivity contribution in [2.75, 3.05) is 30.4 Å². The van der Waals surface area contributed by atoms with E-state index in [4.69, 9.17) is 4.74 Å². The number of carbonyl (C=O) groups excluding carboxylic acids is 2. The highest BCUT2D eigenvalue weighted by Crippen LogP contribution is 2.30. The molecule has 2 amide bonds. The third-order valence-electron chi connectivity index (χ3n) is 6.05. The summed E-state index contributed by atoms with van der Waals surface area (Å²) in [6, 6.07) is 7.29. The number of nitrogens with zero attached hydrogens (tertiary/aromatic N) is 4. The average molecular weight is 483 g/mol. The molecule has 34 heavy (non-hydrogen) atoms. The molecule has 1 atom stereocenters. The molecule has 2 N–H and O–H groups in total. The number of carbonyl (C=O) groups is 2. The first-order valence-electron chi connectivity index (χ1n) is 11.4. The molecule has 3 aromatic rings. The number of fused-ring (bicyclic) bond motifs is 1. The van der Waals surface area contributed by atoms with E-state index in [1.807, 2.05) is 0 Å². The van der Waals surface area contributed by atoms with E-state index in [9.17, 15) is 14.4 Å². The van der Waals surface area contributed by atoms with Crippen LogP contribution in [0.2, 0.25) is 0 Å². The fourth-order valence-corrected chi connectivity index (χ4v) is 5.03. The minimum atomic E-state index is -0.335. The van der Waals surface area contributed by atoms with Gasteiger partial charge in [0.1, 0.15) is 23.3 Å². The Balaban J connectivity index is 1.28. The first kappa shape index (κ1) is 22.3. The highest BCUT2D eigenvalue weighted by Gasteiger charge is 2.31. The molecule has 2 fully saturated rings. The SMILES string of the molecule is COc1ccc(NC(=O)Cn2cnc3nc(N4CCC[C@@H](C(=O)NC5CC5)C4)sc3c2=O)cc1. The standard InChI is InChI=1S/C23H26N6O4S/c1-33-17-8-6-15(7-9-17)25-18(30)12-29-13-24-20-19(22(29)32)34-23(27-20)28-10-2-3-14(11-28)21(31)26-16-4-5-16/h6-9,13-14,16H,2-5,10-12H2,1H3,(H,25,30)(H,26,31)/t14-/m1/s1. The first-order chi connectivity index (χ1) is 16.5. The number of rotatable bonds is 7. The van der Waals surface area contributed by atoms with Crippen LogP contribution < -0.4 is 25.8 Å². The lowest BCUT2D eigenvalue weighted by Crippen LogP contribution is -2.43. The second-order valence-electron chi connectivity index (χ2n) is 8.67. The first-order valence-corrected chi connectivity index (χ1v) is 12.2. The molecule has 1 saturated carbocycles. The summed E-state index contributed by atoms with van der Waals surface area (Å²) in [5.74, 6) is 0.386. The van der Waals surface area contributed by atoms with Gasteiger partial charge in [-0.15, -0.1) is 0 Å². The molecule has 178 valence electrons. The van der Waals surface area contributed by atoms with Crippen LogP contribution in [0.15, 0.2) is 35.4 Å². The number of amides is 2. The fraction of sp³-hybridized carbons (Fsp3) is 0.435. The fourth-order valence-electron chi connectivity index (χ4n) is 4.02. The van der Waals surface area contributed by atoms with Crippen molar-refractivity contribution in [3.8, 4) is 5.75 Å². The molecule has 3 heterocycles. The number of ether oxygens (including phenoxy) is 1. The second-order valence-corrected chi connectivity index (χ2v) is 9.65. The monoisotopic (exact) mass is 482 g/mol. The summed E-state index contributed by atoms with van der Waals surface area (Å²) in [6.45, 7) is 1.20. The predicted molar refractivity (Wildman–Crippen MR) is 129 cm³/mol. The van der Waals surface area contributed by atoms with Gasteiger partial charge in [-0.2, -0.15) is 4.98 Å². The van der Waals surface area contributed by atoms with Gasteiger partial charge >= 0.3 is 0 Å². The van der Waals surface area contributed by atoms with Crippen LogP contribution in [0.1, 0.15) is 25.7 Å². The van der Waals surface area contributed by atoms with Crippen LogP contribution in [-0.4, -0.2) is 52.6 Å². The van der Waals surface area contributed by atoms with Gasteiger partial charge in [0.2, 0.25) is 11.8 Å². The maximum Gasteiger partial charge on any atom is 0.273 e. The normalized spacial score (nSPS) is 18.0. The van der Waals surface area contributed by atoms with Gasteiger partial charge in [0.05, 0.1) is 13.0 Å². The molecule has 1 saturated heterocycles. The van der Waals surface area contributed by atoms with Crippen LogP contribution in [0.4, 0.5) is 10.8 Å². The van der Waals surface area contributed by atoms with Gasteiger partial charge in [0, 0.05) is 24.8 Å². The lowest BCUT2D eigenvalue weighted by molar-refractivity contribution is -0.125. The smallest absolute Gasteiger partial charge is 0.273 e. The zero-order valence-electron chi connectivity index (χ0n) is 18.8. The Kier molecular flexibility index (Phi) is 6.18. The number of thiazole rings is 1. The van der Waals surface area contributed by atoms with Gasteiger partial charge in [-0.3, -0.25) is 19.0 Å². The molecular weight excluding hydrogens is 456 g/mol. The van der Waals surface area contributed by atoms with Crippen molar-refractivity contribution in [1.82, 2.24) is 19.9 Å². The summed E-state index contributed by atoms with van der Waals surface area (Å²) in [4.78, 5) is 48.9. The molecule has 0 bridgehead atoms. The van der Waals surface area contributed by atoms with Gasteiger partial charge in [0.15, 0.2) is 10.8 Å². The Labute approximate surface area is 200 Å². The molecule has 10 nitrogen and oxygen atoms in total. The number of hydrogen-bond acceptors (Lipinski definition) is 8. The maximum atomic E-state index is 13.0. The number of benzene rings is 1. The Hall–Kier alpha value is -3.47. The molecule has 5 rings (SSSR count). The minimum Gasteiger partial charge on any atom is -0.497 e. The zero-order valence-corrected chi connectivity index (χ0v) is 19.6. The van der Waals surface area contributed by atoms with Gasteiger partial charge in [-0.1, -0.05) is 11.3 Å². The Bertz CT molecular complexity index is 1270. The summed E-state index contributed by atoms with van der Waals surface area (Å²) < 4.78 is 6.80. The Morgan fingerprint density at radius 3 is 2.74 bits per heavy atom. The van der Waals surface area contributed by atoms with Crippen LogP contribution in [-0.2, 0) is 16.1 Å². The van der Waals surface area contributed by atoms with Gasteiger partial charge < -0.3 is 20.3 Å². The molecule has 2 aromatic heterocycles. The molecule has 0 radical (unpaired) electrons. The lowest BCUT2D eigenvalue weighted by atomic mass is 9.97. The topological polar surface area (TPSA) is 118 Å². The third kappa shape index (κ3) is 4.89. The molecular formula is C23H26N6O4S. The van der Waals surface area contributed by atoms with Crippen molar-refractivity contribution in [3.63, 3.8) is 0 Å². The van der Waals surface area contributed by atoms with Crippen LogP contribution in [0.3, 0.4) is 0 Å². The second kappa shape index (κ2) is 9.41. The molecule has 1 aliphatic carbocycles.